The lowest BCUT2D eigenvalue weighted by atomic mass is 10.1. The second kappa shape index (κ2) is 9.82. The Morgan fingerprint density at radius 1 is 1.07 bits per heavy atom. The van der Waals surface area contributed by atoms with Crippen LogP contribution in [0.1, 0.15) is 6.92 Å². The summed E-state index contributed by atoms with van der Waals surface area (Å²) in [6.45, 7) is 1.78. The molecule has 152 valence electrons. The fourth-order valence-corrected chi connectivity index (χ4v) is 2.73. The highest BCUT2D eigenvalue weighted by atomic mass is 32.2. The summed E-state index contributed by atoms with van der Waals surface area (Å²) < 4.78 is 23.1. The van der Waals surface area contributed by atoms with Gasteiger partial charge in [0, 0.05) is 23.4 Å². The van der Waals surface area contributed by atoms with Crippen LogP contribution in [-0.4, -0.2) is 32.3 Å². The van der Waals surface area contributed by atoms with Crippen molar-refractivity contribution in [1.29, 1.82) is 0 Å². The first-order valence-electron chi connectivity index (χ1n) is 8.80. The molecule has 0 spiro atoms. The number of hydrogen-bond donors (Lipinski definition) is 5. The maximum absolute atomic E-state index is 10.7. The fourth-order valence-electron chi connectivity index (χ4n) is 2.43. The van der Waals surface area contributed by atoms with Crippen molar-refractivity contribution in [1.82, 2.24) is 9.97 Å². The van der Waals surface area contributed by atoms with E-state index in [0.29, 0.717) is 23.1 Å². The van der Waals surface area contributed by atoms with Gasteiger partial charge >= 0.3 is 0 Å². The highest BCUT2D eigenvalue weighted by molar-refractivity contribution is 7.68. The van der Waals surface area contributed by atoms with Gasteiger partial charge in [-0.1, -0.05) is 41.2 Å². The molecule has 1 aromatic heterocycles. The maximum Gasteiger partial charge on any atom is 0.225 e. The third-order valence-electron chi connectivity index (χ3n) is 3.83. The van der Waals surface area contributed by atoms with Gasteiger partial charge in [0.1, 0.15) is 0 Å². The molecule has 0 radical (unpaired) electrons. The van der Waals surface area contributed by atoms with Gasteiger partial charge in [0.05, 0.1) is 18.0 Å². The van der Waals surface area contributed by atoms with E-state index in [0.717, 1.165) is 11.3 Å². The highest BCUT2D eigenvalue weighted by Crippen LogP contribution is 2.22. The van der Waals surface area contributed by atoms with Crippen LogP contribution >= 0.6 is 0 Å². The van der Waals surface area contributed by atoms with E-state index in [-0.39, 0.29) is 12.6 Å². The number of aliphatic hydroxyl groups excluding tert-OH is 1. The van der Waals surface area contributed by atoms with Gasteiger partial charge in [-0.05, 0) is 31.2 Å². The number of hydrazine groups is 1. The molecular weight excluding hydrogens is 392 g/mol. The molecule has 3 aromatic rings. The molecule has 1 heterocycles. The second-order valence-corrected chi connectivity index (χ2v) is 6.82. The van der Waals surface area contributed by atoms with Gasteiger partial charge in [0.2, 0.25) is 5.95 Å². The van der Waals surface area contributed by atoms with Crippen LogP contribution in [0.4, 0.5) is 23.1 Å². The molecule has 10 heteroatoms. The average Bonchev–Trinajstić information content (AvgIpc) is 2.73. The van der Waals surface area contributed by atoms with Gasteiger partial charge < -0.3 is 23.5 Å². The quantitative estimate of drug-likeness (QED) is 0.215. The first-order valence-corrected chi connectivity index (χ1v) is 9.86. The van der Waals surface area contributed by atoms with Crippen molar-refractivity contribution in [2.24, 2.45) is 4.36 Å². The first kappa shape index (κ1) is 20.5. The summed E-state index contributed by atoms with van der Waals surface area (Å²) in [7, 11) is -2.24. The molecule has 0 saturated heterocycles. The Labute approximate surface area is 170 Å². The van der Waals surface area contributed by atoms with E-state index in [4.69, 9.17) is 4.55 Å². The number of aromatic nitrogens is 2. The lowest BCUT2D eigenvalue weighted by molar-refractivity contribution is 0.281. The topological polar surface area (TPSA) is 132 Å². The second-order valence-electron chi connectivity index (χ2n) is 6.17. The molecule has 2 aromatic carbocycles. The zero-order valence-corrected chi connectivity index (χ0v) is 16.4. The van der Waals surface area contributed by atoms with E-state index < -0.39 is 10.9 Å². The van der Waals surface area contributed by atoms with Crippen molar-refractivity contribution in [3.05, 3.63) is 60.7 Å². The Balaban J connectivity index is 1.81. The molecule has 9 nitrogen and oxygen atoms in total. The Bertz CT molecular complexity index is 1020. The number of benzene rings is 2. The van der Waals surface area contributed by atoms with E-state index in [9.17, 15) is 9.32 Å². The summed E-state index contributed by atoms with van der Waals surface area (Å²) >= 11 is 0. The zero-order chi connectivity index (χ0) is 20.6. The molecular formula is C19H21N6O3S-. The molecule has 0 bridgehead atoms. The summed E-state index contributed by atoms with van der Waals surface area (Å²) in [5, 5.41) is 12.4. The molecule has 0 aliphatic carbocycles. The molecule has 0 fully saturated rings. The molecule has 0 saturated carbocycles. The van der Waals surface area contributed by atoms with E-state index in [1.165, 1.54) is 0 Å². The monoisotopic (exact) mass is 413 g/mol. The predicted molar refractivity (Wildman–Crippen MR) is 114 cm³/mol. The van der Waals surface area contributed by atoms with E-state index in [1.54, 1.807) is 30.3 Å². The van der Waals surface area contributed by atoms with Crippen LogP contribution in [0.2, 0.25) is 0 Å². The molecule has 5 N–H and O–H groups in total. The largest absolute Gasteiger partial charge is 0.454 e. The summed E-state index contributed by atoms with van der Waals surface area (Å²) in [5.41, 5.74) is 8.80. The molecule has 0 amide bonds. The summed E-state index contributed by atoms with van der Waals surface area (Å²) in [6, 6.07) is 17.9. The normalized spacial score (nSPS) is 12.9. The third-order valence-corrected chi connectivity index (χ3v) is 4.20. The number of aliphatic hydroxyl groups is 1. The van der Waals surface area contributed by atoms with Gasteiger partial charge in [-0.15, -0.1) is 0 Å². The SMILES string of the molecule is C[C@H](CO)Nc1nc(NNc2ccc(N=[S-](=O)O)cc2)cc(-c2ccccc2)n1. The maximum atomic E-state index is 10.7. The van der Waals surface area contributed by atoms with Crippen LogP contribution < -0.4 is 16.2 Å². The van der Waals surface area contributed by atoms with E-state index in [1.807, 2.05) is 37.3 Å². The fraction of sp³-hybridized carbons (Fsp3) is 0.158. The molecule has 0 aliphatic rings. The number of nitrogens with zero attached hydrogens (tertiary/aromatic N) is 3. The predicted octanol–water partition coefficient (Wildman–Crippen LogP) is 3.63. The Hall–Kier alpha value is -3.21. The van der Waals surface area contributed by atoms with Crippen LogP contribution in [0, 0.1) is 0 Å². The number of nitrogens with one attached hydrogen (secondary N) is 3. The van der Waals surface area contributed by atoms with Crippen molar-refractivity contribution in [2.45, 2.75) is 13.0 Å². The minimum atomic E-state index is -2.24. The van der Waals surface area contributed by atoms with Crippen molar-refractivity contribution in [2.75, 3.05) is 22.8 Å². The number of hydrogen-bond acceptors (Lipinski definition) is 9. The lowest BCUT2D eigenvalue weighted by Gasteiger charge is -2.15. The summed E-state index contributed by atoms with van der Waals surface area (Å²) in [4.78, 5) is 8.94. The van der Waals surface area contributed by atoms with E-state index >= 15 is 0 Å². The average molecular weight is 413 g/mol. The first-order chi connectivity index (χ1) is 14.0. The number of anilines is 3. The van der Waals surface area contributed by atoms with Gasteiger partial charge in [-0.2, -0.15) is 4.98 Å². The van der Waals surface area contributed by atoms with Crippen LogP contribution in [0.15, 0.2) is 65.0 Å². The molecule has 0 unspecified atom stereocenters. The Morgan fingerprint density at radius 2 is 1.79 bits per heavy atom. The van der Waals surface area contributed by atoms with Gasteiger partial charge in [-0.3, -0.25) is 10.9 Å². The Kier molecular flexibility index (Phi) is 6.95. The van der Waals surface area contributed by atoms with Crippen molar-refractivity contribution in [3.8, 4) is 11.3 Å². The number of rotatable bonds is 8. The standard InChI is InChI=1S/C19H21N6O3S/c1-13(12-26)20-19-21-17(14-5-3-2-4-6-14)11-18(22-19)24-23-15-7-9-16(10-8-15)25-29(27)28/h2-11,13,23,26H,12H2,1H3,(H,25,27,28)(H2,20,21,22,24)/q-1/t13-/m1/s1. The molecule has 29 heavy (non-hydrogen) atoms. The Morgan fingerprint density at radius 3 is 2.45 bits per heavy atom. The lowest BCUT2D eigenvalue weighted by Crippen LogP contribution is -2.21. The van der Waals surface area contributed by atoms with Gasteiger partial charge in [-0.25, -0.2) is 4.98 Å². The highest BCUT2D eigenvalue weighted by Gasteiger charge is 2.09. The van der Waals surface area contributed by atoms with Crippen LogP contribution in [0.25, 0.3) is 11.3 Å². The van der Waals surface area contributed by atoms with Crippen LogP contribution in [-0.2, 0) is 15.1 Å². The van der Waals surface area contributed by atoms with Crippen LogP contribution in [0.5, 0.6) is 0 Å². The van der Waals surface area contributed by atoms with Gasteiger partial charge in [0.25, 0.3) is 0 Å². The minimum Gasteiger partial charge on any atom is -0.454 e. The van der Waals surface area contributed by atoms with E-state index in [2.05, 4.69) is 30.5 Å². The molecule has 3 rings (SSSR count). The van der Waals surface area contributed by atoms with Crippen molar-refractivity contribution < 1.29 is 13.9 Å². The summed E-state index contributed by atoms with van der Waals surface area (Å²) in [5.74, 6) is 0.911. The van der Waals surface area contributed by atoms with Crippen LogP contribution in [0.3, 0.4) is 0 Å². The van der Waals surface area contributed by atoms with Crippen molar-refractivity contribution >= 4 is 34.0 Å². The molecule has 1 atom stereocenters. The third kappa shape index (κ3) is 6.14. The smallest absolute Gasteiger partial charge is 0.225 e. The minimum absolute atomic E-state index is 0.0457. The van der Waals surface area contributed by atoms with Crippen molar-refractivity contribution in [3.63, 3.8) is 0 Å². The van der Waals surface area contributed by atoms with Gasteiger partial charge in [0.15, 0.2) is 5.82 Å². The molecule has 0 aliphatic heterocycles. The summed E-state index contributed by atoms with van der Waals surface area (Å²) in [6.07, 6.45) is 0. The zero-order valence-electron chi connectivity index (χ0n) is 15.6.